The van der Waals surface area contributed by atoms with Crippen molar-refractivity contribution in [1.82, 2.24) is 15.2 Å². The van der Waals surface area contributed by atoms with E-state index in [4.69, 9.17) is 16.3 Å². The SMILES string of the molecule is COc1ccc(Cl)cc1Nc1cnnc(Nc2ccc(F)c(F)c2)n1. The van der Waals surface area contributed by atoms with E-state index >= 15 is 0 Å². The molecule has 3 aromatic rings. The van der Waals surface area contributed by atoms with E-state index in [1.807, 2.05) is 0 Å². The van der Waals surface area contributed by atoms with Crippen LogP contribution in [0.25, 0.3) is 0 Å². The van der Waals surface area contributed by atoms with E-state index in [0.717, 1.165) is 12.1 Å². The topological polar surface area (TPSA) is 72.0 Å². The Morgan fingerprint density at radius 3 is 2.64 bits per heavy atom. The molecule has 0 aliphatic rings. The highest BCUT2D eigenvalue weighted by molar-refractivity contribution is 6.31. The number of aromatic nitrogens is 3. The fourth-order valence-electron chi connectivity index (χ4n) is 2.04. The first kappa shape index (κ1) is 16.8. The Balaban J connectivity index is 1.82. The summed E-state index contributed by atoms with van der Waals surface area (Å²) < 4.78 is 31.5. The van der Waals surface area contributed by atoms with Crippen molar-refractivity contribution < 1.29 is 13.5 Å². The first-order chi connectivity index (χ1) is 12.0. The molecule has 25 heavy (non-hydrogen) atoms. The maximum Gasteiger partial charge on any atom is 0.249 e. The van der Waals surface area contributed by atoms with E-state index in [9.17, 15) is 8.78 Å². The molecule has 0 saturated carbocycles. The molecule has 0 spiro atoms. The van der Waals surface area contributed by atoms with Crippen molar-refractivity contribution in [3.05, 3.63) is 59.3 Å². The molecule has 9 heteroatoms. The second-order valence-electron chi connectivity index (χ2n) is 4.89. The number of nitrogens with one attached hydrogen (secondary N) is 2. The van der Waals surface area contributed by atoms with E-state index in [1.165, 1.54) is 19.4 Å². The largest absolute Gasteiger partial charge is 0.495 e. The average molecular weight is 364 g/mol. The van der Waals surface area contributed by atoms with E-state index in [0.29, 0.717) is 22.3 Å². The summed E-state index contributed by atoms with van der Waals surface area (Å²) in [6, 6.07) is 8.44. The Bertz CT molecular complexity index is 909. The predicted octanol–water partition coefficient (Wildman–Crippen LogP) is 4.30. The first-order valence-corrected chi connectivity index (χ1v) is 7.45. The van der Waals surface area contributed by atoms with Gasteiger partial charge in [0, 0.05) is 16.8 Å². The minimum absolute atomic E-state index is 0.108. The Morgan fingerprint density at radius 1 is 1.04 bits per heavy atom. The number of methoxy groups -OCH3 is 1. The lowest BCUT2D eigenvalue weighted by Gasteiger charge is -2.11. The van der Waals surface area contributed by atoms with Crippen molar-refractivity contribution in [3.8, 4) is 5.75 Å². The number of hydrogen-bond acceptors (Lipinski definition) is 6. The molecule has 0 aliphatic heterocycles. The molecule has 2 N–H and O–H groups in total. The maximum atomic E-state index is 13.3. The van der Waals surface area contributed by atoms with Crippen LogP contribution in [0.2, 0.25) is 5.02 Å². The fraction of sp³-hybridized carbons (Fsp3) is 0.0625. The summed E-state index contributed by atoms with van der Waals surface area (Å²) in [5, 5.41) is 13.9. The number of ether oxygens (including phenoxy) is 1. The van der Waals surface area contributed by atoms with Crippen molar-refractivity contribution in [2.45, 2.75) is 0 Å². The van der Waals surface area contributed by atoms with E-state index in [1.54, 1.807) is 18.2 Å². The van der Waals surface area contributed by atoms with Gasteiger partial charge in [0.25, 0.3) is 0 Å². The Kier molecular flexibility index (Phi) is 4.90. The van der Waals surface area contributed by atoms with Gasteiger partial charge in [-0.1, -0.05) is 11.6 Å². The second-order valence-corrected chi connectivity index (χ2v) is 5.33. The third-order valence-corrected chi connectivity index (χ3v) is 3.39. The van der Waals surface area contributed by atoms with Gasteiger partial charge in [0.15, 0.2) is 17.5 Å². The fourth-order valence-corrected chi connectivity index (χ4v) is 2.21. The normalized spacial score (nSPS) is 10.4. The van der Waals surface area contributed by atoms with Gasteiger partial charge in [-0.15, -0.1) is 5.10 Å². The minimum atomic E-state index is -0.976. The van der Waals surface area contributed by atoms with Crippen LogP contribution in [-0.4, -0.2) is 22.3 Å². The molecular formula is C16H12ClF2N5O. The van der Waals surface area contributed by atoms with Crippen LogP contribution in [0.4, 0.5) is 31.9 Å². The molecule has 0 radical (unpaired) electrons. The monoisotopic (exact) mass is 363 g/mol. The molecule has 1 heterocycles. The van der Waals surface area contributed by atoms with E-state index in [2.05, 4.69) is 25.8 Å². The smallest absolute Gasteiger partial charge is 0.249 e. The van der Waals surface area contributed by atoms with E-state index in [-0.39, 0.29) is 11.6 Å². The minimum Gasteiger partial charge on any atom is -0.495 e. The van der Waals surface area contributed by atoms with Crippen molar-refractivity contribution in [1.29, 1.82) is 0 Å². The molecule has 0 fully saturated rings. The van der Waals surface area contributed by atoms with E-state index < -0.39 is 11.6 Å². The Hall–Kier alpha value is -3.00. The zero-order chi connectivity index (χ0) is 17.8. The Labute approximate surface area is 146 Å². The van der Waals surface area contributed by atoms with Gasteiger partial charge in [0.1, 0.15) is 5.75 Å². The van der Waals surface area contributed by atoms with Crippen LogP contribution in [0.3, 0.4) is 0 Å². The number of benzene rings is 2. The molecular weight excluding hydrogens is 352 g/mol. The molecule has 6 nitrogen and oxygen atoms in total. The van der Waals surface area contributed by atoms with Crippen molar-refractivity contribution in [3.63, 3.8) is 0 Å². The molecule has 0 atom stereocenters. The first-order valence-electron chi connectivity index (χ1n) is 7.07. The maximum absolute atomic E-state index is 13.3. The molecule has 128 valence electrons. The zero-order valence-electron chi connectivity index (χ0n) is 12.9. The molecule has 0 saturated heterocycles. The van der Waals surface area contributed by atoms with Gasteiger partial charge in [-0.25, -0.2) is 8.78 Å². The van der Waals surface area contributed by atoms with Crippen LogP contribution in [0, 0.1) is 11.6 Å². The summed E-state index contributed by atoms with van der Waals surface area (Å²) in [7, 11) is 1.53. The average Bonchev–Trinajstić information content (AvgIpc) is 2.59. The lowest BCUT2D eigenvalue weighted by atomic mass is 10.3. The highest BCUT2D eigenvalue weighted by atomic mass is 35.5. The van der Waals surface area contributed by atoms with Crippen molar-refractivity contribution in [2.24, 2.45) is 0 Å². The lowest BCUT2D eigenvalue weighted by Crippen LogP contribution is -2.03. The number of halogens is 3. The summed E-state index contributed by atoms with van der Waals surface area (Å²) in [5.41, 5.74) is 0.882. The van der Waals surface area contributed by atoms with Crippen LogP contribution in [-0.2, 0) is 0 Å². The summed E-state index contributed by atoms with van der Waals surface area (Å²) in [6.07, 6.45) is 1.40. The van der Waals surface area contributed by atoms with Gasteiger partial charge in [0.05, 0.1) is 19.0 Å². The van der Waals surface area contributed by atoms with Gasteiger partial charge >= 0.3 is 0 Å². The third kappa shape index (κ3) is 4.10. The zero-order valence-corrected chi connectivity index (χ0v) is 13.7. The molecule has 2 aromatic carbocycles. The molecule has 1 aromatic heterocycles. The summed E-state index contributed by atoms with van der Waals surface area (Å²) >= 11 is 5.98. The second kappa shape index (κ2) is 7.27. The van der Waals surface area contributed by atoms with Gasteiger partial charge < -0.3 is 15.4 Å². The van der Waals surface area contributed by atoms with Gasteiger partial charge in [-0.3, -0.25) is 0 Å². The van der Waals surface area contributed by atoms with Crippen LogP contribution < -0.4 is 15.4 Å². The van der Waals surface area contributed by atoms with Gasteiger partial charge in [0.2, 0.25) is 5.95 Å². The third-order valence-electron chi connectivity index (χ3n) is 3.16. The lowest BCUT2D eigenvalue weighted by molar-refractivity contribution is 0.417. The van der Waals surface area contributed by atoms with Crippen LogP contribution in [0.5, 0.6) is 5.75 Å². The van der Waals surface area contributed by atoms with Gasteiger partial charge in [-0.05, 0) is 30.3 Å². The number of hydrogen-bond donors (Lipinski definition) is 2. The highest BCUT2D eigenvalue weighted by Gasteiger charge is 2.08. The van der Waals surface area contributed by atoms with Gasteiger partial charge in [-0.2, -0.15) is 10.1 Å². The van der Waals surface area contributed by atoms with Crippen molar-refractivity contribution in [2.75, 3.05) is 17.7 Å². The standard InChI is InChI=1S/C16H12ClF2N5O/c1-25-14-5-2-9(17)6-13(14)22-15-8-20-24-16(23-15)21-10-3-4-11(18)12(19)7-10/h2-8H,1H3,(H2,21,22,23,24). The number of rotatable bonds is 5. The molecule has 0 unspecified atom stereocenters. The van der Waals surface area contributed by atoms with Crippen LogP contribution in [0.15, 0.2) is 42.6 Å². The molecule has 3 rings (SSSR count). The quantitative estimate of drug-likeness (QED) is 0.704. The predicted molar refractivity (Wildman–Crippen MR) is 90.8 cm³/mol. The summed E-state index contributed by atoms with van der Waals surface area (Å²) in [4.78, 5) is 4.21. The molecule has 0 amide bonds. The summed E-state index contributed by atoms with van der Waals surface area (Å²) in [5.74, 6) is -0.875. The number of nitrogens with zero attached hydrogens (tertiary/aromatic N) is 3. The van der Waals surface area contributed by atoms with Crippen molar-refractivity contribution >= 4 is 34.7 Å². The molecule has 0 bridgehead atoms. The summed E-state index contributed by atoms with van der Waals surface area (Å²) in [6.45, 7) is 0. The number of anilines is 4. The highest BCUT2D eigenvalue weighted by Crippen LogP contribution is 2.30. The molecule has 0 aliphatic carbocycles. The van der Waals surface area contributed by atoms with Crippen LogP contribution >= 0.6 is 11.6 Å². The Morgan fingerprint density at radius 2 is 1.88 bits per heavy atom. The van der Waals surface area contributed by atoms with Crippen LogP contribution in [0.1, 0.15) is 0 Å².